The van der Waals surface area contributed by atoms with Crippen molar-refractivity contribution in [3.05, 3.63) is 34.5 Å². The Hall–Kier alpha value is -1.56. The molecule has 12 heteroatoms. The average molecular weight is 469 g/mol. The van der Waals surface area contributed by atoms with E-state index in [1.54, 1.807) is 24.4 Å². The van der Waals surface area contributed by atoms with Crippen molar-refractivity contribution in [1.82, 2.24) is 9.88 Å². The molecule has 1 aromatic heterocycles. The quantitative estimate of drug-likeness (QED) is 0.662. The summed E-state index contributed by atoms with van der Waals surface area (Å²) < 4.78 is 69.3. The number of halogens is 4. The third-order valence-corrected chi connectivity index (χ3v) is 7.25. The molecule has 1 aromatic carbocycles. The number of likely N-dealkylation sites (N-methyl/N-ethyl adjacent to an activating group) is 1. The number of aromatic nitrogens is 1. The summed E-state index contributed by atoms with van der Waals surface area (Å²) in [6, 6.07) is 1.08. The molecule has 0 bridgehead atoms. The van der Waals surface area contributed by atoms with Crippen molar-refractivity contribution in [3.8, 4) is 0 Å². The van der Waals surface area contributed by atoms with E-state index < -0.39 is 38.7 Å². The predicted octanol–water partition coefficient (Wildman–Crippen LogP) is 4.27. The molecule has 2 atom stereocenters. The van der Waals surface area contributed by atoms with Gasteiger partial charge < -0.3 is 10.2 Å². The van der Waals surface area contributed by atoms with Crippen molar-refractivity contribution in [2.24, 2.45) is 0 Å². The maximum absolute atomic E-state index is 14.6. The maximum Gasteiger partial charge on any atom is 0.266 e. The largest absolute Gasteiger partial charge is 0.379 e. The lowest BCUT2D eigenvalue weighted by atomic mass is 9.86. The second-order valence-electron chi connectivity index (χ2n) is 7.09. The second kappa shape index (κ2) is 8.29. The van der Waals surface area contributed by atoms with Crippen molar-refractivity contribution in [2.45, 2.75) is 42.2 Å². The highest BCUT2D eigenvalue weighted by molar-refractivity contribution is 7.93. The Morgan fingerprint density at radius 2 is 2.07 bits per heavy atom. The first-order chi connectivity index (χ1) is 13.5. The van der Waals surface area contributed by atoms with Gasteiger partial charge in [-0.05, 0) is 32.6 Å². The number of nitrogens with one attached hydrogen (secondary N) is 2. The molecule has 2 N–H and O–H groups in total. The first-order valence-corrected chi connectivity index (χ1v) is 11.4. The molecule has 0 saturated heterocycles. The van der Waals surface area contributed by atoms with Gasteiger partial charge in [0, 0.05) is 36.5 Å². The van der Waals surface area contributed by atoms with Crippen molar-refractivity contribution in [2.75, 3.05) is 24.1 Å². The molecule has 6 nitrogen and oxygen atoms in total. The summed E-state index contributed by atoms with van der Waals surface area (Å²) in [7, 11) is -0.828. The van der Waals surface area contributed by atoms with Crippen molar-refractivity contribution in [1.29, 1.82) is 0 Å². The van der Waals surface area contributed by atoms with Crippen molar-refractivity contribution in [3.63, 3.8) is 0 Å². The van der Waals surface area contributed by atoms with Gasteiger partial charge in [-0.25, -0.2) is 26.6 Å². The number of hydrogen-bond acceptors (Lipinski definition) is 6. The fourth-order valence-corrected chi connectivity index (χ4v) is 5.47. The van der Waals surface area contributed by atoms with E-state index in [0.717, 1.165) is 23.5 Å². The summed E-state index contributed by atoms with van der Waals surface area (Å²) in [4.78, 5) is 4.87. The molecule has 1 saturated carbocycles. The molecular formula is C17H20ClF3N4O2S2. The van der Waals surface area contributed by atoms with Crippen LogP contribution in [0, 0.1) is 5.82 Å². The van der Waals surface area contributed by atoms with E-state index in [0.29, 0.717) is 0 Å². The Labute approximate surface area is 176 Å². The van der Waals surface area contributed by atoms with Crippen LogP contribution in [-0.2, 0) is 10.0 Å². The van der Waals surface area contributed by atoms with E-state index in [4.69, 9.17) is 11.6 Å². The Bertz CT molecular complexity index is 971. The molecule has 160 valence electrons. The van der Waals surface area contributed by atoms with E-state index in [2.05, 4.69) is 15.0 Å². The van der Waals surface area contributed by atoms with Crippen LogP contribution in [0.5, 0.6) is 0 Å². The van der Waals surface area contributed by atoms with Gasteiger partial charge in [0.05, 0.1) is 10.7 Å². The van der Waals surface area contributed by atoms with Crippen LogP contribution in [-0.4, -0.2) is 50.4 Å². The summed E-state index contributed by atoms with van der Waals surface area (Å²) >= 11 is 7.24. The molecule has 0 amide bonds. The van der Waals surface area contributed by atoms with Crippen LogP contribution in [0.25, 0.3) is 0 Å². The summed E-state index contributed by atoms with van der Waals surface area (Å²) in [6.45, 7) is 0. The summed E-state index contributed by atoms with van der Waals surface area (Å²) in [6.07, 6.45) is 0.953. The number of nitrogens with zero attached hydrogens (tertiary/aromatic N) is 2. The smallest absolute Gasteiger partial charge is 0.266 e. The number of sulfonamides is 1. The van der Waals surface area contributed by atoms with Crippen LogP contribution in [0.4, 0.5) is 24.0 Å². The molecule has 29 heavy (non-hydrogen) atoms. The fourth-order valence-electron chi connectivity index (χ4n) is 3.31. The van der Waals surface area contributed by atoms with Crippen LogP contribution < -0.4 is 10.0 Å². The minimum atomic E-state index is -4.22. The number of thiazole rings is 1. The summed E-state index contributed by atoms with van der Waals surface area (Å²) in [5.74, 6) is -3.77. The molecule has 2 aromatic rings. The monoisotopic (exact) mass is 468 g/mol. The molecule has 1 aliphatic rings. The van der Waals surface area contributed by atoms with Gasteiger partial charge in [-0.2, -0.15) is 0 Å². The van der Waals surface area contributed by atoms with Crippen molar-refractivity contribution >= 4 is 43.8 Å². The lowest BCUT2D eigenvalue weighted by molar-refractivity contribution is -0.0607. The van der Waals surface area contributed by atoms with Gasteiger partial charge >= 0.3 is 0 Å². The summed E-state index contributed by atoms with van der Waals surface area (Å²) in [5.41, 5.74) is 0.152. The van der Waals surface area contributed by atoms with E-state index >= 15 is 0 Å². The SMILES string of the molecule is CN(C)C1CC(F)(F)CC[C@H]1Nc1cc(F)c(S(=O)(=O)Nc2nccs2)cc1Cl. The van der Waals surface area contributed by atoms with Gasteiger partial charge in [-0.15, -0.1) is 11.3 Å². The lowest BCUT2D eigenvalue weighted by Gasteiger charge is -2.40. The number of benzene rings is 1. The molecule has 1 heterocycles. The van der Waals surface area contributed by atoms with Gasteiger partial charge in [0.25, 0.3) is 10.0 Å². The molecule has 1 unspecified atom stereocenters. The Morgan fingerprint density at radius 1 is 1.34 bits per heavy atom. The van der Waals surface area contributed by atoms with E-state index in [9.17, 15) is 21.6 Å². The van der Waals surface area contributed by atoms with Crippen LogP contribution in [0.1, 0.15) is 19.3 Å². The van der Waals surface area contributed by atoms with Gasteiger partial charge in [0.15, 0.2) is 5.13 Å². The predicted molar refractivity (Wildman–Crippen MR) is 108 cm³/mol. The third kappa shape index (κ3) is 5.14. The zero-order valence-corrected chi connectivity index (χ0v) is 18.0. The molecule has 1 fully saturated rings. The maximum atomic E-state index is 14.6. The molecule has 1 aliphatic carbocycles. The first kappa shape index (κ1) is 22.1. The van der Waals surface area contributed by atoms with E-state index in [1.165, 1.54) is 6.20 Å². The average Bonchev–Trinajstić information content (AvgIpc) is 3.11. The van der Waals surface area contributed by atoms with Crippen molar-refractivity contribution < 1.29 is 21.6 Å². The third-order valence-electron chi connectivity index (χ3n) is 4.76. The Morgan fingerprint density at radius 3 is 2.69 bits per heavy atom. The minimum absolute atomic E-state index is 0.0271. The van der Waals surface area contributed by atoms with Gasteiger partial charge in [-0.1, -0.05) is 11.6 Å². The van der Waals surface area contributed by atoms with E-state index in [1.807, 2.05) is 0 Å². The van der Waals surface area contributed by atoms with Crippen LogP contribution in [0.3, 0.4) is 0 Å². The van der Waals surface area contributed by atoms with Gasteiger partial charge in [-0.3, -0.25) is 4.72 Å². The fraction of sp³-hybridized carbons (Fsp3) is 0.471. The highest BCUT2D eigenvalue weighted by Crippen LogP contribution is 2.38. The standard InChI is InChI=1S/C17H20ClF3N4O2S2/c1-25(2)14-9-17(20,21)4-3-12(14)23-13-8-11(19)15(7-10(13)18)29(26,27)24-16-22-5-6-28-16/h5-8,12,14,23H,3-4,9H2,1-2H3,(H,22,24)/t12-,14?/m1/s1. The molecule has 0 spiro atoms. The molecule has 3 rings (SSSR count). The van der Waals surface area contributed by atoms with Crippen LogP contribution in [0.2, 0.25) is 5.02 Å². The first-order valence-electron chi connectivity index (χ1n) is 8.71. The Kier molecular flexibility index (Phi) is 6.32. The van der Waals surface area contributed by atoms with Crippen LogP contribution >= 0.6 is 22.9 Å². The number of alkyl halides is 2. The number of anilines is 2. The van der Waals surface area contributed by atoms with E-state index in [-0.39, 0.29) is 35.1 Å². The normalized spacial score (nSPS) is 21.9. The molecule has 0 radical (unpaired) electrons. The molecular weight excluding hydrogens is 449 g/mol. The topological polar surface area (TPSA) is 74.3 Å². The number of hydrogen-bond donors (Lipinski definition) is 2. The van der Waals surface area contributed by atoms with Crippen LogP contribution in [0.15, 0.2) is 28.6 Å². The van der Waals surface area contributed by atoms with Gasteiger partial charge in [0.2, 0.25) is 5.92 Å². The number of rotatable bonds is 6. The highest BCUT2D eigenvalue weighted by atomic mass is 35.5. The molecule has 0 aliphatic heterocycles. The zero-order valence-electron chi connectivity index (χ0n) is 15.6. The van der Waals surface area contributed by atoms with Gasteiger partial charge in [0.1, 0.15) is 10.7 Å². The zero-order chi connectivity index (χ0) is 21.4. The lowest BCUT2D eigenvalue weighted by Crippen LogP contribution is -2.50. The summed E-state index contributed by atoms with van der Waals surface area (Å²) in [5, 5.41) is 4.65. The minimum Gasteiger partial charge on any atom is -0.379 e. The highest BCUT2D eigenvalue weighted by Gasteiger charge is 2.42. The Balaban J connectivity index is 1.84. The second-order valence-corrected chi connectivity index (χ2v) is 10.0.